The van der Waals surface area contributed by atoms with Gasteiger partial charge >= 0.3 is 11.9 Å². The van der Waals surface area contributed by atoms with Crippen molar-refractivity contribution in [3.05, 3.63) is 9.75 Å². The average Bonchev–Trinajstić information content (AvgIpc) is 2.55. The Labute approximate surface area is 119 Å². The Hall–Kier alpha value is -0.926. The molecule has 1 aromatic heterocycles. The van der Waals surface area contributed by atoms with Gasteiger partial charge in [-0.1, -0.05) is 39.3 Å². The second-order valence-electron chi connectivity index (χ2n) is 6.62. The van der Waals surface area contributed by atoms with E-state index in [1.807, 2.05) is 0 Å². The minimum Gasteiger partial charge on any atom is -0.477 e. The molecular weight excluding hydrogens is 296 g/mol. The van der Waals surface area contributed by atoms with E-state index in [-0.39, 0.29) is 9.75 Å². The molecule has 0 saturated heterocycles. The molecule has 0 aromatic carbocycles. The van der Waals surface area contributed by atoms with Crippen LogP contribution in [0, 0.1) is 0 Å². The van der Waals surface area contributed by atoms with Gasteiger partial charge in [-0.15, -0.1) is 11.3 Å². The van der Waals surface area contributed by atoms with Gasteiger partial charge in [-0.05, 0) is 10.4 Å². The number of rotatable bonds is 4. The number of hydrogen-bond donors (Lipinski definition) is 2. The van der Waals surface area contributed by atoms with Crippen LogP contribution < -0.4 is 10.4 Å². The lowest BCUT2D eigenvalue weighted by Crippen LogP contribution is -2.57. The summed E-state index contributed by atoms with van der Waals surface area (Å²) in [6, 6.07) is 0. The molecule has 0 saturated carbocycles. The van der Waals surface area contributed by atoms with E-state index in [0.29, 0.717) is 0 Å². The Balaban J connectivity index is 3.84. The Morgan fingerprint density at radius 2 is 1.05 bits per heavy atom. The third-order valence-electron chi connectivity index (χ3n) is 2.80. The third-order valence-corrected chi connectivity index (χ3v) is 8.57. The molecule has 1 heterocycles. The lowest BCUT2D eigenvalue weighted by molar-refractivity contribution is 0.0695. The molecule has 1 aromatic rings. The maximum atomic E-state index is 11.4. The molecule has 0 amide bonds. The van der Waals surface area contributed by atoms with E-state index in [4.69, 9.17) is 0 Å². The smallest absolute Gasteiger partial charge is 0.345 e. The number of hydrogen-bond acceptors (Lipinski definition) is 3. The van der Waals surface area contributed by atoms with Gasteiger partial charge < -0.3 is 10.2 Å². The van der Waals surface area contributed by atoms with Crippen LogP contribution in [-0.2, 0) is 0 Å². The summed E-state index contributed by atoms with van der Waals surface area (Å²) in [5.41, 5.74) is 0. The van der Waals surface area contributed by atoms with Gasteiger partial charge in [0.1, 0.15) is 9.75 Å². The summed E-state index contributed by atoms with van der Waals surface area (Å²) in [6.45, 7) is 12.4. The topological polar surface area (TPSA) is 74.6 Å². The van der Waals surface area contributed by atoms with Crippen molar-refractivity contribution >= 4 is 49.8 Å². The molecule has 2 N–H and O–H groups in total. The molecule has 0 atom stereocenters. The van der Waals surface area contributed by atoms with Gasteiger partial charge in [0.25, 0.3) is 0 Å². The van der Waals surface area contributed by atoms with Crippen molar-refractivity contribution < 1.29 is 19.8 Å². The SMILES string of the molecule is C[Si](C)(C)c1c(C(=O)O)sc(C(=O)O)c1[Si](C)(C)C. The van der Waals surface area contributed by atoms with E-state index in [0.717, 1.165) is 21.7 Å². The number of carbonyl (C=O) groups is 2. The zero-order chi connectivity index (χ0) is 15.2. The lowest BCUT2D eigenvalue weighted by atomic mass is 10.4. The second-order valence-corrected chi connectivity index (χ2v) is 17.6. The molecule has 0 radical (unpaired) electrons. The predicted molar refractivity (Wildman–Crippen MR) is 84.2 cm³/mol. The predicted octanol–water partition coefficient (Wildman–Crippen LogP) is 2.23. The third kappa shape index (κ3) is 3.15. The van der Waals surface area contributed by atoms with Gasteiger partial charge in [0, 0.05) is 0 Å². The minimum atomic E-state index is -1.92. The summed E-state index contributed by atoms with van der Waals surface area (Å²) in [5, 5.41) is 20.4. The van der Waals surface area contributed by atoms with Gasteiger partial charge in [0.05, 0.1) is 16.1 Å². The molecule has 7 heteroatoms. The Morgan fingerprint density at radius 3 is 1.21 bits per heavy atom. The zero-order valence-electron chi connectivity index (χ0n) is 12.1. The van der Waals surface area contributed by atoms with Crippen LogP contribution in [0.2, 0.25) is 39.3 Å². The highest BCUT2D eigenvalue weighted by Crippen LogP contribution is 2.21. The van der Waals surface area contributed by atoms with E-state index >= 15 is 0 Å². The van der Waals surface area contributed by atoms with Gasteiger partial charge in [-0.25, -0.2) is 9.59 Å². The van der Waals surface area contributed by atoms with Crippen molar-refractivity contribution in [1.29, 1.82) is 0 Å². The Bertz CT molecular complexity index is 489. The van der Waals surface area contributed by atoms with Crippen LogP contribution >= 0.6 is 11.3 Å². The van der Waals surface area contributed by atoms with Crippen LogP contribution in [0.3, 0.4) is 0 Å². The average molecular weight is 317 g/mol. The first-order valence-corrected chi connectivity index (χ1v) is 13.8. The maximum absolute atomic E-state index is 11.4. The molecule has 106 valence electrons. The van der Waals surface area contributed by atoms with Gasteiger partial charge in [-0.2, -0.15) is 0 Å². The van der Waals surface area contributed by atoms with Crippen molar-refractivity contribution in [2.75, 3.05) is 0 Å². The highest BCUT2D eigenvalue weighted by molar-refractivity contribution is 7.21. The van der Waals surface area contributed by atoms with Crippen molar-refractivity contribution in [2.24, 2.45) is 0 Å². The van der Waals surface area contributed by atoms with E-state index in [2.05, 4.69) is 39.3 Å². The molecule has 1 rings (SSSR count). The number of thiophene rings is 1. The van der Waals surface area contributed by atoms with Crippen LogP contribution in [-0.4, -0.2) is 38.3 Å². The standard InChI is InChI=1S/C12H20O4SSi2/c1-18(2,3)9-7(11(13)14)17-8(12(15)16)10(9)19(4,5)6/h1-6H3,(H,13,14)(H,15,16). The van der Waals surface area contributed by atoms with E-state index in [1.54, 1.807) is 0 Å². The molecule has 19 heavy (non-hydrogen) atoms. The minimum absolute atomic E-state index is 0.231. The van der Waals surface area contributed by atoms with Crippen LogP contribution in [0.4, 0.5) is 0 Å². The first-order valence-electron chi connectivity index (χ1n) is 6.01. The van der Waals surface area contributed by atoms with Gasteiger partial charge in [-0.3, -0.25) is 0 Å². The Kier molecular flexibility index (Phi) is 4.14. The summed E-state index contributed by atoms with van der Waals surface area (Å²) in [4.78, 5) is 23.3. The summed E-state index contributed by atoms with van der Waals surface area (Å²) in [5.74, 6) is -2.01. The second kappa shape index (κ2) is 4.88. The molecule has 0 aliphatic rings. The first kappa shape index (κ1) is 16.1. The number of aromatic carboxylic acids is 2. The molecular formula is C12H20O4SSi2. The highest BCUT2D eigenvalue weighted by atomic mass is 32.1. The highest BCUT2D eigenvalue weighted by Gasteiger charge is 2.38. The van der Waals surface area contributed by atoms with Crippen molar-refractivity contribution in [3.8, 4) is 0 Å². The fourth-order valence-corrected chi connectivity index (χ4v) is 10.9. The van der Waals surface area contributed by atoms with Gasteiger partial charge in [0.2, 0.25) is 0 Å². The number of carboxylic acids is 2. The maximum Gasteiger partial charge on any atom is 0.345 e. The quantitative estimate of drug-likeness (QED) is 0.835. The van der Waals surface area contributed by atoms with Crippen LogP contribution in [0.25, 0.3) is 0 Å². The summed E-state index contributed by atoms with van der Waals surface area (Å²) < 4.78 is 0. The summed E-state index contributed by atoms with van der Waals surface area (Å²) in [7, 11) is -3.84. The summed E-state index contributed by atoms with van der Waals surface area (Å²) in [6.07, 6.45) is 0. The van der Waals surface area contributed by atoms with E-state index < -0.39 is 28.1 Å². The number of carboxylic acid groups (broad SMARTS) is 2. The van der Waals surface area contributed by atoms with Crippen LogP contribution in [0.15, 0.2) is 0 Å². The van der Waals surface area contributed by atoms with E-state index in [9.17, 15) is 19.8 Å². The molecule has 4 nitrogen and oxygen atoms in total. The normalized spacial score (nSPS) is 12.5. The molecule has 0 spiro atoms. The van der Waals surface area contributed by atoms with Crippen molar-refractivity contribution in [2.45, 2.75) is 39.3 Å². The molecule has 0 aliphatic heterocycles. The van der Waals surface area contributed by atoms with Gasteiger partial charge in [0.15, 0.2) is 0 Å². The molecule has 0 unspecified atom stereocenters. The summed E-state index contributed by atoms with van der Waals surface area (Å²) >= 11 is 0.926. The molecule has 0 aliphatic carbocycles. The zero-order valence-corrected chi connectivity index (χ0v) is 14.9. The van der Waals surface area contributed by atoms with Crippen LogP contribution in [0.1, 0.15) is 19.3 Å². The van der Waals surface area contributed by atoms with E-state index in [1.165, 1.54) is 0 Å². The molecule has 0 bridgehead atoms. The lowest BCUT2D eigenvalue weighted by Gasteiger charge is -2.25. The Morgan fingerprint density at radius 1 is 0.789 bits per heavy atom. The fourth-order valence-electron chi connectivity index (χ4n) is 2.16. The first-order chi connectivity index (χ1) is 8.37. The largest absolute Gasteiger partial charge is 0.477 e. The fraction of sp³-hybridized carbons (Fsp3) is 0.500. The van der Waals surface area contributed by atoms with Crippen molar-refractivity contribution in [1.82, 2.24) is 0 Å². The van der Waals surface area contributed by atoms with Crippen LogP contribution in [0.5, 0.6) is 0 Å². The monoisotopic (exact) mass is 316 g/mol. The molecule has 0 fully saturated rings. The van der Waals surface area contributed by atoms with Crippen molar-refractivity contribution in [3.63, 3.8) is 0 Å².